The van der Waals surface area contributed by atoms with Gasteiger partial charge in [-0.05, 0) is 26.0 Å². The number of sulfonamides is 1. The van der Waals surface area contributed by atoms with Crippen LogP contribution in [0.4, 0.5) is 0 Å². The number of carbonyl (C=O) groups is 1. The van der Waals surface area contributed by atoms with Crippen LogP contribution in [0.5, 0.6) is 0 Å². The molecular weight excluding hydrogens is 286 g/mol. The van der Waals surface area contributed by atoms with Crippen molar-refractivity contribution in [3.05, 3.63) is 17.0 Å². The van der Waals surface area contributed by atoms with E-state index in [-0.39, 0.29) is 29.1 Å². The van der Waals surface area contributed by atoms with Crippen molar-refractivity contribution in [2.45, 2.75) is 30.5 Å². The second-order valence-corrected chi connectivity index (χ2v) is 7.18. The molecule has 1 heterocycles. The number of nitriles is 1. The third kappa shape index (κ3) is 4.98. The zero-order valence-electron chi connectivity index (χ0n) is 10.6. The maximum Gasteiger partial charge on any atom is 0.250 e. The number of thiophene rings is 1. The number of hydrogen-bond acceptors (Lipinski definition) is 5. The van der Waals surface area contributed by atoms with E-state index in [0.29, 0.717) is 4.88 Å². The first-order valence-electron chi connectivity index (χ1n) is 5.64. The van der Waals surface area contributed by atoms with Crippen molar-refractivity contribution in [3.63, 3.8) is 0 Å². The van der Waals surface area contributed by atoms with E-state index < -0.39 is 10.0 Å². The van der Waals surface area contributed by atoms with Gasteiger partial charge in [-0.1, -0.05) is 0 Å². The van der Waals surface area contributed by atoms with Crippen LogP contribution in [0.15, 0.2) is 16.3 Å². The Balaban J connectivity index is 2.52. The average Bonchev–Trinajstić information content (AvgIpc) is 2.76. The van der Waals surface area contributed by atoms with Gasteiger partial charge in [0.1, 0.15) is 15.2 Å². The average molecular weight is 301 g/mol. The van der Waals surface area contributed by atoms with E-state index in [1.807, 2.05) is 19.9 Å². The highest BCUT2D eigenvalue weighted by Crippen LogP contribution is 2.20. The van der Waals surface area contributed by atoms with Crippen LogP contribution in [-0.2, 0) is 14.8 Å². The van der Waals surface area contributed by atoms with Gasteiger partial charge in [0, 0.05) is 19.0 Å². The second-order valence-electron chi connectivity index (χ2n) is 4.10. The van der Waals surface area contributed by atoms with Gasteiger partial charge >= 0.3 is 0 Å². The zero-order valence-corrected chi connectivity index (χ0v) is 12.3. The van der Waals surface area contributed by atoms with E-state index >= 15 is 0 Å². The van der Waals surface area contributed by atoms with Gasteiger partial charge < -0.3 is 5.32 Å². The van der Waals surface area contributed by atoms with Crippen LogP contribution in [-0.4, -0.2) is 26.9 Å². The molecule has 8 heteroatoms. The number of carbonyl (C=O) groups excluding carboxylic acids is 1. The van der Waals surface area contributed by atoms with Gasteiger partial charge in [-0.25, -0.2) is 13.1 Å². The summed E-state index contributed by atoms with van der Waals surface area (Å²) in [4.78, 5) is 11.7. The fourth-order valence-corrected chi connectivity index (χ4v) is 3.47. The minimum absolute atomic E-state index is 0.0274. The monoisotopic (exact) mass is 301 g/mol. The van der Waals surface area contributed by atoms with Crippen molar-refractivity contribution in [2.24, 2.45) is 0 Å². The fraction of sp³-hybridized carbons (Fsp3) is 0.455. The summed E-state index contributed by atoms with van der Waals surface area (Å²) in [6, 6.07) is 4.73. The minimum Gasteiger partial charge on any atom is -0.354 e. The van der Waals surface area contributed by atoms with Gasteiger partial charge in [0.15, 0.2) is 0 Å². The summed E-state index contributed by atoms with van der Waals surface area (Å²) >= 11 is 0.897. The summed E-state index contributed by atoms with van der Waals surface area (Å²) in [6.07, 6.45) is 0.0773. The molecule has 0 unspecified atom stereocenters. The lowest BCUT2D eigenvalue weighted by atomic mass is 10.3. The Morgan fingerprint density at radius 2 is 2.16 bits per heavy atom. The Hall–Kier alpha value is -1.43. The van der Waals surface area contributed by atoms with Crippen LogP contribution < -0.4 is 10.0 Å². The molecule has 0 radical (unpaired) electrons. The van der Waals surface area contributed by atoms with Crippen LogP contribution in [0.25, 0.3) is 0 Å². The van der Waals surface area contributed by atoms with E-state index in [2.05, 4.69) is 10.0 Å². The maximum absolute atomic E-state index is 11.8. The number of nitrogens with zero attached hydrogens (tertiary/aromatic N) is 1. The van der Waals surface area contributed by atoms with E-state index in [9.17, 15) is 13.2 Å². The molecule has 1 amide bonds. The zero-order chi connectivity index (χ0) is 14.5. The van der Waals surface area contributed by atoms with Gasteiger partial charge in [-0.2, -0.15) is 5.26 Å². The summed E-state index contributed by atoms with van der Waals surface area (Å²) in [5.41, 5.74) is 0. The van der Waals surface area contributed by atoms with Crippen LogP contribution in [0.1, 0.15) is 25.1 Å². The van der Waals surface area contributed by atoms with Crippen LogP contribution >= 0.6 is 11.3 Å². The van der Waals surface area contributed by atoms with Gasteiger partial charge in [-0.15, -0.1) is 11.3 Å². The molecule has 1 aromatic rings. The summed E-state index contributed by atoms with van der Waals surface area (Å²) in [5, 5.41) is 11.3. The van der Waals surface area contributed by atoms with E-state index in [0.717, 1.165) is 11.3 Å². The Bertz CT molecular complexity index is 585. The first kappa shape index (κ1) is 15.6. The molecule has 6 nitrogen and oxygen atoms in total. The molecule has 0 atom stereocenters. The number of amides is 1. The van der Waals surface area contributed by atoms with E-state index in [4.69, 9.17) is 5.26 Å². The Morgan fingerprint density at radius 1 is 1.47 bits per heavy atom. The van der Waals surface area contributed by atoms with Gasteiger partial charge in [0.25, 0.3) is 0 Å². The predicted octanol–water partition coefficient (Wildman–Crippen LogP) is 0.813. The van der Waals surface area contributed by atoms with Crippen molar-refractivity contribution in [3.8, 4) is 6.07 Å². The van der Waals surface area contributed by atoms with Gasteiger partial charge in [-0.3, -0.25) is 4.79 Å². The molecule has 0 aliphatic heterocycles. The summed E-state index contributed by atoms with van der Waals surface area (Å²) in [7, 11) is -3.64. The lowest BCUT2D eigenvalue weighted by Gasteiger charge is -2.08. The molecule has 0 aromatic carbocycles. The standard InChI is InChI=1S/C11H15N3O3S2/c1-8(2)14-10(15)5-6-13-19(16,17)11-4-3-9(7-12)18-11/h3-4,8,13H,5-6H2,1-2H3,(H,14,15). The Morgan fingerprint density at radius 3 is 2.68 bits per heavy atom. The lowest BCUT2D eigenvalue weighted by Crippen LogP contribution is -2.33. The molecule has 2 N–H and O–H groups in total. The van der Waals surface area contributed by atoms with Crippen LogP contribution in [0.2, 0.25) is 0 Å². The van der Waals surface area contributed by atoms with Crippen molar-refractivity contribution in [2.75, 3.05) is 6.54 Å². The lowest BCUT2D eigenvalue weighted by molar-refractivity contribution is -0.121. The molecule has 1 aromatic heterocycles. The molecule has 1 rings (SSSR count). The van der Waals surface area contributed by atoms with E-state index in [1.54, 1.807) is 0 Å². The molecule has 0 saturated carbocycles. The van der Waals surface area contributed by atoms with Gasteiger partial charge in [0.05, 0.1) is 0 Å². The first-order chi connectivity index (χ1) is 8.85. The molecule has 0 bridgehead atoms. The molecule has 19 heavy (non-hydrogen) atoms. The third-order valence-electron chi connectivity index (χ3n) is 2.05. The Kier molecular flexibility index (Phi) is 5.47. The number of nitrogens with one attached hydrogen (secondary N) is 2. The van der Waals surface area contributed by atoms with Crippen LogP contribution in [0, 0.1) is 11.3 Å². The quantitative estimate of drug-likeness (QED) is 0.812. The summed E-state index contributed by atoms with van der Waals surface area (Å²) < 4.78 is 26.1. The molecule has 0 saturated heterocycles. The highest BCUT2D eigenvalue weighted by atomic mass is 32.2. The van der Waals surface area contributed by atoms with Crippen molar-refractivity contribution in [1.82, 2.24) is 10.0 Å². The SMILES string of the molecule is CC(C)NC(=O)CCNS(=O)(=O)c1ccc(C#N)s1. The smallest absolute Gasteiger partial charge is 0.250 e. The molecule has 0 fully saturated rings. The van der Waals surface area contributed by atoms with Crippen LogP contribution in [0.3, 0.4) is 0 Å². The number of rotatable bonds is 6. The first-order valence-corrected chi connectivity index (χ1v) is 7.94. The second kappa shape index (κ2) is 6.65. The largest absolute Gasteiger partial charge is 0.354 e. The third-order valence-corrected chi connectivity index (χ3v) is 4.99. The minimum atomic E-state index is -3.64. The number of hydrogen-bond donors (Lipinski definition) is 2. The predicted molar refractivity (Wildman–Crippen MR) is 72.1 cm³/mol. The fourth-order valence-electron chi connectivity index (χ4n) is 1.29. The Labute approximate surface area is 116 Å². The van der Waals surface area contributed by atoms with Crippen molar-refractivity contribution < 1.29 is 13.2 Å². The highest BCUT2D eigenvalue weighted by molar-refractivity contribution is 7.91. The molecule has 104 valence electrons. The molecular formula is C11H15N3O3S2. The molecule has 0 aliphatic rings. The highest BCUT2D eigenvalue weighted by Gasteiger charge is 2.16. The summed E-state index contributed by atoms with van der Waals surface area (Å²) in [6.45, 7) is 3.69. The van der Waals surface area contributed by atoms with Crippen molar-refractivity contribution >= 4 is 27.3 Å². The van der Waals surface area contributed by atoms with Crippen molar-refractivity contribution in [1.29, 1.82) is 5.26 Å². The topological polar surface area (TPSA) is 99.1 Å². The summed E-state index contributed by atoms with van der Waals surface area (Å²) in [5.74, 6) is -0.207. The molecule has 0 aliphatic carbocycles. The molecule has 0 spiro atoms. The maximum atomic E-state index is 11.8. The van der Waals surface area contributed by atoms with E-state index in [1.165, 1.54) is 12.1 Å². The normalized spacial score (nSPS) is 11.3. The van der Waals surface area contributed by atoms with Gasteiger partial charge in [0.2, 0.25) is 15.9 Å².